The Morgan fingerprint density at radius 2 is 2.19 bits per heavy atom. The van der Waals surface area contributed by atoms with Gasteiger partial charge in [-0.05, 0) is 17.0 Å². The molecule has 0 saturated heterocycles. The summed E-state index contributed by atoms with van der Waals surface area (Å²) in [7, 11) is 1.73. The summed E-state index contributed by atoms with van der Waals surface area (Å²) in [6.45, 7) is 7.97. The molecular weight excluding hydrogens is 198 g/mol. The Morgan fingerprint density at radius 1 is 1.44 bits per heavy atom. The maximum atomic E-state index is 5.39. The Morgan fingerprint density at radius 3 is 2.81 bits per heavy atom. The number of para-hydroxylation sites is 1. The molecule has 16 heavy (non-hydrogen) atoms. The largest absolute Gasteiger partial charge is 0.495 e. The topological polar surface area (TPSA) is 21.3 Å². The van der Waals surface area contributed by atoms with E-state index in [1.54, 1.807) is 7.11 Å². The van der Waals surface area contributed by atoms with Crippen molar-refractivity contribution >= 4 is 5.69 Å². The van der Waals surface area contributed by atoms with Crippen LogP contribution in [0.3, 0.4) is 0 Å². The third-order valence-corrected chi connectivity index (χ3v) is 3.99. The van der Waals surface area contributed by atoms with Crippen LogP contribution in [0, 0.1) is 5.41 Å². The average molecular weight is 219 g/mol. The molecule has 88 valence electrons. The van der Waals surface area contributed by atoms with Crippen molar-refractivity contribution in [3.8, 4) is 5.75 Å². The minimum absolute atomic E-state index is 0.338. The number of fused-ring (bicyclic) bond motifs is 1. The predicted molar refractivity (Wildman–Crippen MR) is 68.3 cm³/mol. The lowest BCUT2D eigenvalue weighted by Crippen LogP contribution is -2.22. The van der Waals surface area contributed by atoms with E-state index in [1.165, 1.54) is 17.7 Å². The van der Waals surface area contributed by atoms with E-state index in [2.05, 4.69) is 38.2 Å². The Kier molecular flexibility index (Phi) is 2.83. The molecular formula is C14H21NO. The zero-order chi connectivity index (χ0) is 11.8. The van der Waals surface area contributed by atoms with Crippen molar-refractivity contribution in [3.63, 3.8) is 0 Å². The lowest BCUT2D eigenvalue weighted by atomic mass is 9.74. The first-order chi connectivity index (χ1) is 7.60. The second kappa shape index (κ2) is 4.00. The highest BCUT2D eigenvalue weighted by atomic mass is 16.5. The zero-order valence-electron chi connectivity index (χ0n) is 10.6. The van der Waals surface area contributed by atoms with Gasteiger partial charge < -0.3 is 10.1 Å². The second-order valence-electron chi connectivity index (χ2n) is 5.20. The van der Waals surface area contributed by atoms with E-state index in [9.17, 15) is 0 Å². The smallest absolute Gasteiger partial charge is 0.142 e. The lowest BCUT2D eigenvalue weighted by Gasteiger charge is -2.30. The molecule has 0 spiro atoms. The van der Waals surface area contributed by atoms with Crippen LogP contribution in [0.5, 0.6) is 5.75 Å². The third kappa shape index (κ3) is 1.66. The van der Waals surface area contributed by atoms with E-state index < -0.39 is 0 Å². The van der Waals surface area contributed by atoms with E-state index in [4.69, 9.17) is 4.74 Å². The summed E-state index contributed by atoms with van der Waals surface area (Å²) < 4.78 is 5.39. The summed E-state index contributed by atoms with van der Waals surface area (Å²) >= 11 is 0. The van der Waals surface area contributed by atoms with Crippen molar-refractivity contribution in [1.29, 1.82) is 0 Å². The van der Waals surface area contributed by atoms with Crippen LogP contribution in [-0.2, 0) is 0 Å². The fourth-order valence-corrected chi connectivity index (χ4v) is 2.46. The second-order valence-corrected chi connectivity index (χ2v) is 5.20. The molecule has 2 rings (SSSR count). The molecule has 2 nitrogen and oxygen atoms in total. The molecule has 1 aromatic carbocycles. The van der Waals surface area contributed by atoms with Gasteiger partial charge in [-0.3, -0.25) is 0 Å². The molecule has 0 bridgehead atoms. The van der Waals surface area contributed by atoms with Gasteiger partial charge in [0.15, 0.2) is 0 Å². The van der Waals surface area contributed by atoms with Crippen LogP contribution in [0.4, 0.5) is 5.69 Å². The first-order valence-electron chi connectivity index (χ1n) is 6.01. The van der Waals surface area contributed by atoms with Gasteiger partial charge in [0.1, 0.15) is 5.75 Å². The highest BCUT2D eigenvalue weighted by molar-refractivity contribution is 5.67. The number of methoxy groups -OCH3 is 1. The van der Waals surface area contributed by atoms with E-state index in [0.717, 1.165) is 12.3 Å². The van der Waals surface area contributed by atoms with Crippen LogP contribution in [0.2, 0.25) is 0 Å². The molecule has 1 atom stereocenters. The normalized spacial score (nSPS) is 19.1. The standard InChI is InChI=1S/C14H21NO/c1-5-14(2,3)11-9-15-13-10(11)7-6-8-12(13)16-4/h6-8,11,15H,5,9H2,1-4H3. The number of nitrogens with one attached hydrogen (secondary N) is 1. The van der Waals surface area contributed by atoms with E-state index in [-0.39, 0.29) is 0 Å². The van der Waals surface area contributed by atoms with E-state index in [1.807, 2.05) is 6.07 Å². The molecule has 2 heteroatoms. The quantitative estimate of drug-likeness (QED) is 0.838. The van der Waals surface area contributed by atoms with E-state index >= 15 is 0 Å². The molecule has 0 aromatic heterocycles. The third-order valence-electron chi connectivity index (χ3n) is 3.99. The number of benzene rings is 1. The summed E-state index contributed by atoms with van der Waals surface area (Å²) in [5, 5.41) is 3.49. The van der Waals surface area contributed by atoms with Crippen LogP contribution in [-0.4, -0.2) is 13.7 Å². The maximum absolute atomic E-state index is 5.39. The zero-order valence-corrected chi connectivity index (χ0v) is 10.6. The maximum Gasteiger partial charge on any atom is 0.142 e. The van der Waals surface area contributed by atoms with Gasteiger partial charge in [-0.2, -0.15) is 0 Å². The molecule has 1 aliphatic heterocycles. The van der Waals surface area contributed by atoms with E-state index in [0.29, 0.717) is 11.3 Å². The number of hydrogen-bond donors (Lipinski definition) is 1. The first kappa shape index (κ1) is 11.3. The van der Waals surface area contributed by atoms with Gasteiger partial charge in [0.05, 0.1) is 12.8 Å². The van der Waals surface area contributed by atoms with Gasteiger partial charge in [-0.15, -0.1) is 0 Å². The molecule has 1 aliphatic rings. The fraction of sp³-hybridized carbons (Fsp3) is 0.571. The summed E-state index contributed by atoms with van der Waals surface area (Å²) in [5.74, 6) is 1.55. The Balaban J connectivity index is 2.41. The van der Waals surface area contributed by atoms with Gasteiger partial charge in [0.25, 0.3) is 0 Å². The molecule has 0 saturated carbocycles. The number of hydrogen-bond acceptors (Lipinski definition) is 2. The monoisotopic (exact) mass is 219 g/mol. The molecule has 0 amide bonds. The number of ether oxygens (including phenoxy) is 1. The Bertz CT molecular complexity index is 384. The lowest BCUT2D eigenvalue weighted by molar-refractivity contribution is 0.289. The summed E-state index contributed by atoms with van der Waals surface area (Å²) in [6.07, 6.45) is 1.19. The van der Waals surface area contributed by atoms with Crippen LogP contribution in [0.1, 0.15) is 38.7 Å². The SMILES string of the molecule is CCC(C)(C)C1CNc2c(OC)cccc21. The van der Waals surface area contributed by atoms with Gasteiger partial charge in [0, 0.05) is 12.5 Å². The van der Waals surface area contributed by atoms with Crippen LogP contribution in [0.25, 0.3) is 0 Å². The Labute approximate surface area is 98.0 Å². The highest BCUT2D eigenvalue weighted by Gasteiger charge is 2.35. The van der Waals surface area contributed by atoms with Gasteiger partial charge in [-0.1, -0.05) is 39.3 Å². The summed E-state index contributed by atoms with van der Waals surface area (Å²) in [6, 6.07) is 6.33. The first-order valence-corrected chi connectivity index (χ1v) is 6.01. The van der Waals surface area contributed by atoms with Gasteiger partial charge in [0.2, 0.25) is 0 Å². The van der Waals surface area contributed by atoms with Crippen LogP contribution >= 0.6 is 0 Å². The molecule has 1 N–H and O–H groups in total. The van der Waals surface area contributed by atoms with Crippen molar-refractivity contribution < 1.29 is 4.74 Å². The molecule has 1 aromatic rings. The van der Waals surface area contributed by atoms with Crippen molar-refractivity contribution in [1.82, 2.24) is 0 Å². The van der Waals surface area contributed by atoms with Gasteiger partial charge in [-0.25, -0.2) is 0 Å². The predicted octanol–water partition coefficient (Wildman–Crippen LogP) is 3.64. The summed E-state index contributed by atoms with van der Waals surface area (Å²) in [5.41, 5.74) is 2.94. The molecule has 1 unspecified atom stereocenters. The average Bonchev–Trinajstić information content (AvgIpc) is 2.73. The molecule has 0 aliphatic carbocycles. The minimum Gasteiger partial charge on any atom is -0.495 e. The molecule has 0 radical (unpaired) electrons. The fourth-order valence-electron chi connectivity index (χ4n) is 2.46. The van der Waals surface area contributed by atoms with Crippen LogP contribution < -0.4 is 10.1 Å². The molecule has 0 fully saturated rings. The van der Waals surface area contributed by atoms with Crippen molar-refractivity contribution in [2.45, 2.75) is 33.1 Å². The van der Waals surface area contributed by atoms with Crippen molar-refractivity contribution in [2.75, 3.05) is 19.0 Å². The van der Waals surface area contributed by atoms with Crippen LogP contribution in [0.15, 0.2) is 18.2 Å². The van der Waals surface area contributed by atoms with Crippen molar-refractivity contribution in [3.05, 3.63) is 23.8 Å². The number of rotatable bonds is 3. The van der Waals surface area contributed by atoms with Gasteiger partial charge >= 0.3 is 0 Å². The molecule has 1 heterocycles. The summed E-state index contributed by atoms with van der Waals surface area (Å²) in [4.78, 5) is 0. The highest BCUT2D eigenvalue weighted by Crippen LogP contribution is 2.47. The van der Waals surface area contributed by atoms with Crippen molar-refractivity contribution in [2.24, 2.45) is 5.41 Å². The number of anilines is 1. The minimum atomic E-state index is 0.338. The Hall–Kier alpha value is -1.18.